The van der Waals surface area contributed by atoms with Gasteiger partial charge in [0.15, 0.2) is 5.17 Å². The molecule has 1 saturated heterocycles. The number of unbranched alkanes of at least 4 members (excludes halogenated alkanes) is 3. The standard InChI is InChI=1S/C25H39N3OS.C7H15N.C2H5NO2.C2H2.CH3NO/c1-5-7-8-9-13-18-23(24(29)28-19-14-15-20(28)3)27-25(30-6-2)26-21(4)22-16-11-10-12-17-22;1-3-6(2)8-7-4-5-7;1-3-2(4)5;1-2;2-1-3/h5,10-12,16-17,20-21,23H,1,6-9,13-15,18-19H2,2-4H3,(H,26,27);6-8H,3-5H2,1-2H3;3H,1H3,(H,4,5);1-2H;1H,(H2,2,3)/t20-,21?,23+;6-;;;/m11.../s1. The number of thioether (sulfide) groups is 1. The fourth-order valence-corrected chi connectivity index (χ4v) is 5.41. The van der Waals surface area contributed by atoms with Crippen molar-refractivity contribution in [2.75, 3.05) is 19.3 Å². The first kappa shape index (κ1) is 46.6. The Morgan fingerprint density at radius 2 is 1.75 bits per heavy atom. The van der Waals surface area contributed by atoms with Gasteiger partial charge in [-0.2, -0.15) is 0 Å². The van der Waals surface area contributed by atoms with E-state index in [-0.39, 0.29) is 24.4 Å². The average molecular weight is 689 g/mol. The van der Waals surface area contributed by atoms with E-state index in [2.05, 4.69) is 94.7 Å². The molecule has 11 heteroatoms. The third-order valence-corrected chi connectivity index (χ3v) is 8.41. The minimum absolute atomic E-state index is 0.151. The number of likely N-dealkylation sites (tertiary alicyclic amines) is 1. The number of aliphatic imine (C=N–C) groups is 1. The van der Waals surface area contributed by atoms with E-state index in [1.165, 1.54) is 31.9 Å². The van der Waals surface area contributed by atoms with Crippen LogP contribution in [-0.2, 0) is 9.59 Å². The van der Waals surface area contributed by atoms with Gasteiger partial charge in [-0.3, -0.25) is 9.59 Å². The first-order valence-corrected chi connectivity index (χ1v) is 18.2. The summed E-state index contributed by atoms with van der Waals surface area (Å²) in [5.41, 5.74) is 5.39. The molecule has 3 rings (SSSR count). The molecule has 6 N–H and O–H groups in total. The highest BCUT2D eigenvalue weighted by Gasteiger charge is 2.30. The summed E-state index contributed by atoms with van der Waals surface area (Å²) >= 11 is 1.69. The summed E-state index contributed by atoms with van der Waals surface area (Å²) in [6, 6.07) is 12.2. The number of nitrogens with zero attached hydrogens (tertiary/aromatic N) is 2. The van der Waals surface area contributed by atoms with Gasteiger partial charge in [-0.15, -0.1) is 19.4 Å². The van der Waals surface area contributed by atoms with Crippen molar-refractivity contribution in [1.29, 1.82) is 0 Å². The van der Waals surface area contributed by atoms with Gasteiger partial charge in [-0.05, 0) is 83.5 Å². The lowest BCUT2D eigenvalue weighted by Crippen LogP contribution is -2.41. The lowest BCUT2D eigenvalue weighted by molar-refractivity contribution is -0.133. The largest absolute Gasteiger partial charge is 0.465 e. The molecule has 1 unspecified atom stereocenters. The summed E-state index contributed by atoms with van der Waals surface area (Å²) in [4.78, 5) is 38.2. The average Bonchev–Trinajstić information content (AvgIpc) is 3.81. The van der Waals surface area contributed by atoms with Gasteiger partial charge >= 0.3 is 6.09 Å². The predicted molar refractivity (Wildman–Crippen MR) is 204 cm³/mol. The van der Waals surface area contributed by atoms with Gasteiger partial charge < -0.3 is 31.7 Å². The molecule has 4 atom stereocenters. The Bertz CT molecular complexity index is 1040. The number of hydrogen-bond acceptors (Lipinski definition) is 6. The maximum absolute atomic E-state index is 13.3. The number of primary amides is 1. The van der Waals surface area contributed by atoms with Crippen LogP contribution < -0.4 is 21.7 Å². The van der Waals surface area contributed by atoms with Gasteiger partial charge in [0.25, 0.3) is 0 Å². The Morgan fingerprint density at radius 1 is 1.15 bits per heavy atom. The molecule has 0 spiro atoms. The van der Waals surface area contributed by atoms with Gasteiger partial charge in [-0.1, -0.05) is 74.9 Å². The van der Waals surface area contributed by atoms with E-state index in [4.69, 9.17) is 14.9 Å². The number of terminal acetylenes is 1. The molecule has 0 radical (unpaired) electrons. The van der Waals surface area contributed by atoms with Gasteiger partial charge in [0.2, 0.25) is 12.3 Å². The van der Waals surface area contributed by atoms with Crippen LogP contribution in [0.15, 0.2) is 48.0 Å². The smallest absolute Gasteiger partial charge is 0.404 e. The highest BCUT2D eigenvalue weighted by Crippen LogP contribution is 2.22. The van der Waals surface area contributed by atoms with E-state index >= 15 is 0 Å². The fraction of sp³-hybridized carbons (Fsp3) is 0.622. The SMILES string of the molecule is C#C.C=CCCCCC[C@H](N=C(NC(C)c1ccccc1)SCC)C(=O)N1CCC[C@H]1C.CC[C@@H](C)NC1CC1.CNC(=O)O.NC=O. The van der Waals surface area contributed by atoms with Gasteiger partial charge in [0.05, 0.1) is 6.04 Å². The van der Waals surface area contributed by atoms with Gasteiger partial charge in [-0.25, -0.2) is 9.79 Å². The minimum Gasteiger partial charge on any atom is -0.465 e. The Labute approximate surface area is 295 Å². The number of benzene rings is 1. The van der Waals surface area contributed by atoms with Crippen LogP contribution in [0.25, 0.3) is 0 Å². The van der Waals surface area contributed by atoms with Crippen molar-refractivity contribution in [2.24, 2.45) is 10.7 Å². The lowest BCUT2D eigenvalue weighted by Gasteiger charge is -2.26. The third-order valence-electron chi connectivity index (χ3n) is 7.62. The Kier molecular flexibility index (Phi) is 29.9. The number of amides is 3. The number of carbonyl (C=O) groups excluding carboxylic acids is 2. The van der Waals surface area contributed by atoms with Crippen LogP contribution in [0, 0.1) is 12.8 Å². The quantitative estimate of drug-likeness (QED) is 0.0363. The zero-order valence-corrected chi connectivity index (χ0v) is 31.1. The monoisotopic (exact) mass is 688 g/mol. The zero-order chi connectivity index (χ0) is 36.7. The van der Waals surface area contributed by atoms with Crippen molar-refractivity contribution < 1.29 is 19.5 Å². The predicted octanol–water partition coefficient (Wildman–Crippen LogP) is 6.73. The van der Waals surface area contributed by atoms with Crippen molar-refractivity contribution in [3.63, 3.8) is 0 Å². The van der Waals surface area contributed by atoms with Crippen molar-refractivity contribution in [2.45, 2.75) is 129 Å². The number of carboxylic acid groups (broad SMARTS) is 1. The van der Waals surface area contributed by atoms with E-state index in [0.29, 0.717) is 6.04 Å². The number of hydrogen-bond donors (Lipinski definition) is 5. The van der Waals surface area contributed by atoms with Crippen molar-refractivity contribution >= 4 is 35.3 Å². The Balaban J connectivity index is 0. The van der Waals surface area contributed by atoms with E-state index in [0.717, 1.165) is 74.5 Å². The summed E-state index contributed by atoms with van der Waals surface area (Å²) in [5.74, 6) is 1.13. The summed E-state index contributed by atoms with van der Waals surface area (Å²) < 4.78 is 0. The second-order valence-corrected chi connectivity index (χ2v) is 12.8. The van der Waals surface area contributed by atoms with Crippen LogP contribution in [-0.4, -0.2) is 77.1 Å². The maximum Gasteiger partial charge on any atom is 0.404 e. The van der Waals surface area contributed by atoms with Crippen LogP contribution >= 0.6 is 11.8 Å². The molecule has 3 amide bonds. The van der Waals surface area contributed by atoms with Gasteiger partial charge in [0.1, 0.15) is 6.04 Å². The van der Waals surface area contributed by atoms with Crippen molar-refractivity contribution in [1.82, 2.24) is 20.9 Å². The maximum atomic E-state index is 13.3. The normalized spacial score (nSPS) is 16.6. The molecular formula is C37H64N6O4S. The molecule has 1 aliphatic heterocycles. The molecule has 48 heavy (non-hydrogen) atoms. The topological polar surface area (TPSA) is 149 Å². The van der Waals surface area contributed by atoms with Crippen molar-refractivity contribution in [3.05, 3.63) is 48.6 Å². The molecule has 1 saturated carbocycles. The molecular weight excluding hydrogens is 625 g/mol. The van der Waals surface area contributed by atoms with E-state index in [1.807, 2.05) is 22.4 Å². The summed E-state index contributed by atoms with van der Waals surface area (Å²) in [7, 11) is 1.35. The Morgan fingerprint density at radius 3 is 2.21 bits per heavy atom. The molecule has 0 bridgehead atoms. The van der Waals surface area contributed by atoms with Gasteiger partial charge in [0, 0.05) is 31.7 Å². The number of nitrogens with two attached hydrogens (primary N) is 1. The van der Waals surface area contributed by atoms with E-state index < -0.39 is 6.09 Å². The molecule has 2 fully saturated rings. The summed E-state index contributed by atoms with van der Waals surface area (Å²) in [6.45, 7) is 15.6. The second kappa shape index (κ2) is 30.8. The number of amidine groups is 1. The van der Waals surface area contributed by atoms with Crippen LogP contribution in [0.1, 0.15) is 110 Å². The van der Waals surface area contributed by atoms with E-state index in [9.17, 15) is 9.59 Å². The first-order chi connectivity index (χ1) is 23.1. The minimum atomic E-state index is -0.995. The molecule has 272 valence electrons. The second-order valence-electron chi connectivity index (χ2n) is 11.6. The number of carbonyl (C=O) groups is 3. The molecule has 1 aliphatic carbocycles. The highest BCUT2D eigenvalue weighted by molar-refractivity contribution is 8.13. The van der Waals surface area contributed by atoms with Crippen LogP contribution in [0.2, 0.25) is 0 Å². The van der Waals surface area contributed by atoms with Crippen LogP contribution in [0.3, 0.4) is 0 Å². The molecule has 2 aliphatic rings. The number of allylic oxidation sites excluding steroid dienone is 1. The summed E-state index contributed by atoms with van der Waals surface area (Å²) in [5, 5.41) is 17.5. The van der Waals surface area contributed by atoms with Crippen molar-refractivity contribution in [3.8, 4) is 12.8 Å². The lowest BCUT2D eigenvalue weighted by atomic mass is 10.1. The highest BCUT2D eigenvalue weighted by atomic mass is 32.2. The van der Waals surface area contributed by atoms with Crippen LogP contribution in [0.5, 0.6) is 0 Å². The van der Waals surface area contributed by atoms with Crippen LogP contribution in [0.4, 0.5) is 4.79 Å². The molecule has 0 aromatic heterocycles. The molecule has 1 aromatic carbocycles. The molecule has 10 nitrogen and oxygen atoms in total. The summed E-state index contributed by atoms with van der Waals surface area (Å²) in [6.07, 6.45) is 20.6. The number of nitrogens with one attached hydrogen (secondary N) is 3. The fourth-order valence-electron chi connectivity index (χ4n) is 4.67. The third kappa shape index (κ3) is 23.8. The zero-order valence-electron chi connectivity index (χ0n) is 30.3. The molecule has 1 heterocycles. The first-order valence-electron chi connectivity index (χ1n) is 17.2. The number of rotatable bonds is 14. The Hall–Kier alpha value is -3.49. The molecule has 1 aromatic rings. The van der Waals surface area contributed by atoms with E-state index in [1.54, 1.807) is 11.8 Å².